The molecule has 1 fully saturated rings. The number of imidazole rings is 1. The molecule has 1 aromatic carbocycles. The zero-order chi connectivity index (χ0) is 18.1. The molecule has 4 rings (SSSR count). The van der Waals surface area contributed by atoms with Crippen molar-refractivity contribution in [2.45, 2.75) is 6.04 Å². The molecule has 0 aliphatic carbocycles. The number of amides is 1. The maximum atomic E-state index is 13.1. The fourth-order valence-electron chi connectivity index (χ4n) is 3.60. The SMILES string of the molecule is Cl.Cl.Cn1ccnc1C1CNCCN1C(=O)CN1CCOc2ccc(Cl)cc21. The number of hydrogen-bond acceptors (Lipinski definition) is 5. The van der Waals surface area contributed by atoms with Crippen LogP contribution in [0.1, 0.15) is 11.9 Å². The second-order valence-corrected chi connectivity index (χ2v) is 7.02. The normalized spacial score (nSPS) is 18.4. The molecule has 2 aliphatic rings. The molecule has 1 amide bonds. The van der Waals surface area contributed by atoms with Crippen LogP contribution in [-0.2, 0) is 11.8 Å². The van der Waals surface area contributed by atoms with Crippen molar-refractivity contribution in [1.82, 2.24) is 19.8 Å². The Morgan fingerprint density at radius 3 is 2.93 bits per heavy atom. The minimum atomic E-state index is -0.0591. The van der Waals surface area contributed by atoms with Crippen LogP contribution in [0.4, 0.5) is 5.69 Å². The van der Waals surface area contributed by atoms with E-state index in [9.17, 15) is 4.79 Å². The summed E-state index contributed by atoms with van der Waals surface area (Å²) in [5.74, 6) is 1.76. The van der Waals surface area contributed by atoms with Gasteiger partial charge in [-0.1, -0.05) is 11.6 Å². The maximum absolute atomic E-state index is 13.1. The predicted octanol–water partition coefficient (Wildman–Crippen LogP) is 2.29. The molecule has 2 aromatic rings. The zero-order valence-corrected chi connectivity index (χ0v) is 17.9. The summed E-state index contributed by atoms with van der Waals surface area (Å²) in [6.45, 7) is 3.70. The molecule has 154 valence electrons. The summed E-state index contributed by atoms with van der Waals surface area (Å²) in [5.41, 5.74) is 0.876. The van der Waals surface area contributed by atoms with Crippen LogP contribution in [0.2, 0.25) is 5.02 Å². The number of ether oxygens (including phenoxy) is 1. The van der Waals surface area contributed by atoms with Gasteiger partial charge in [-0.05, 0) is 18.2 Å². The van der Waals surface area contributed by atoms with Crippen molar-refractivity contribution in [1.29, 1.82) is 0 Å². The van der Waals surface area contributed by atoms with Crippen LogP contribution in [0.3, 0.4) is 0 Å². The number of piperazine rings is 1. The quantitative estimate of drug-likeness (QED) is 0.780. The van der Waals surface area contributed by atoms with Gasteiger partial charge < -0.3 is 24.4 Å². The van der Waals surface area contributed by atoms with Crippen LogP contribution >= 0.6 is 36.4 Å². The predicted molar refractivity (Wildman–Crippen MR) is 114 cm³/mol. The van der Waals surface area contributed by atoms with E-state index >= 15 is 0 Å². The van der Waals surface area contributed by atoms with E-state index in [1.165, 1.54) is 0 Å². The molecule has 1 aromatic heterocycles. The first-order valence-corrected chi connectivity index (χ1v) is 9.16. The summed E-state index contributed by atoms with van der Waals surface area (Å²) in [6, 6.07) is 5.46. The highest BCUT2D eigenvalue weighted by atomic mass is 35.5. The van der Waals surface area contributed by atoms with Gasteiger partial charge in [0.05, 0.1) is 18.8 Å². The molecule has 0 radical (unpaired) electrons. The van der Waals surface area contributed by atoms with Gasteiger partial charge in [-0.2, -0.15) is 0 Å². The smallest absolute Gasteiger partial charge is 0.242 e. The molecule has 0 bridgehead atoms. The van der Waals surface area contributed by atoms with E-state index in [1.54, 1.807) is 12.3 Å². The molecule has 0 saturated carbocycles. The third kappa shape index (κ3) is 4.49. The topological polar surface area (TPSA) is 62.6 Å². The van der Waals surface area contributed by atoms with E-state index < -0.39 is 0 Å². The number of nitrogens with one attached hydrogen (secondary N) is 1. The van der Waals surface area contributed by atoms with E-state index in [2.05, 4.69) is 10.3 Å². The van der Waals surface area contributed by atoms with Gasteiger partial charge in [0.25, 0.3) is 0 Å². The van der Waals surface area contributed by atoms with E-state index in [1.807, 2.05) is 39.7 Å². The fraction of sp³-hybridized carbons (Fsp3) is 0.444. The number of benzene rings is 1. The van der Waals surface area contributed by atoms with E-state index in [0.717, 1.165) is 23.8 Å². The van der Waals surface area contributed by atoms with E-state index in [4.69, 9.17) is 16.3 Å². The highest BCUT2D eigenvalue weighted by Crippen LogP contribution is 2.34. The zero-order valence-electron chi connectivity index (χ0n) is 15.5. The van der Waals surface area contributed by atoms with Crippen LogP contribution in [0.15, 0.2) is 30.6 Å². The molecule has 1 saturated heterocycles. The Morgan fingerprint density at radius 2 is 2.18 bits per heavy atom. The lowest BCUT2D eigenvalue weighted by Crippen LogP contribution is -2.52. The first-order valence-electron chi connectivity index (χ1n) is 8.78. The Bertz CT molecular complexity index is 816. The number of halogens is 3. The van der Waals surface area contributed by atoms with Crippen LogP contribution in [0.25, 0.3) is 0 Å². The molecule has 10 heteroatoms. The highest BCUT2D eigenvalue weighted by Gasteiger charge is 2.32. The summed E-state index contributed by atoms with van der Waals surface area (Å²) in [4.78, 5) is 21.5. The minimum absolute atomic E-state index is 0. The second kappa shape index (κ2) is 9.69. The number of nitrogens with zero attached hydrogens (tertiary/aromatic N) is 4. The monoisotopic (exact) mass is 447 g/mol. The van der Waals surface area contributed by atoms with Crippen LogP contribution < -0.4 is 15.0 Å². The maximum Gasteiger partial charge on any atom is 0.242 e. The summed E-state index contributed by atoms with van der Waals surface area (Å²) in [6.07, 6.45) is 3.68. The number of rotatable bonds is 3. The van der Waals surface area contributed by atoms with Gasteiger partial charge in [0.15, 0.2) is 0 Å². The lowest BCUT2D eigenvalue weighted by atomic mass is 10.1. The third-order valence-corrected chi connectivity index (χ3v) is 5.16. The Hall–Kier alpha value is -1.67. The summed E-state index contributed by atoms with van der Waals surface area (Å²) < 4.78 is 7.66. The third-order valence-electron chi connectivity index (χ3n) is 4.93. The van der Waals surface area contributed by atoms with Gasteiger partial charge in [0, 0.05) is 44.1 Å². The van der Waals surface area contributed by atoms with Crippen LogP contribution in [-0.4, -0.2) is 59.7 Å². The van der Waals surface area contributed by atoms with Gasteiger partial charge in [-0.25, -0.2) is 4.98 Å². The highest BCUT2D eigenvalue weighted by molar-refractivity contribution is 6.31. The number of fused-ring (bicyclic) bond motifs is 1. The summed E-state index contributed by atoms with van der Waals surface area (Å²) >= 11 is 6.14. The first kappa shape index (κ1) is 22.6. The Balaban J connectivity index is 0.00000140. The molecule has 7 nitrogen and oxygen atoms in total. The van der Waals surface area contributed by atoms with Crippen molar-refractivity contribution in [3.8, 4) is 5.75 Å². The van der Waals surface area contributed by atoms with E-state index in [0.29, 0.717) is 37.8 Å². The standard InChI is InChI=1S/C18H22ClN5O2.2ClH/c1-22-6-5-21-18(22)15-11-20-4-7-24(15)17(25)12-23-8-9-26-16-3-2-13(19)10-14(16)23;;/h2-3,5-6,10,15,20H,4,7-9,11-12H2,1H3;2*1H. The average molecular weight is 449 g/mol. The van der Waals surface area contributed by atoms with Crippen LogP contribution in [0.5, 0.6) is 5.75 Å². The Labute approximate surface area is 181 Å². The number of hydrogen-bond donors (Lipinski definition) is 1. The van der Waals surface area contributed by atoms with Gasteiger partial charge in [0.1, 0.15) is 24.2 Å². The fourth-order valence-corrected chi connectivity index (χ4v) is 3.76. The van der Waals surface area contributed by atoms with E-state index in [-0.39, 0.29) is 36.8 Å². The number of carbonyl (C=O) groups is 1. The average Bonchev–Trinajstić information content (AvgIpc) is 3.08. The lowest BCUT2D eigenvalue weighted by Gasteiger charge is -2.38. The lowest BCUT2D eigenvalue weighted by molar-refractivity contribution is -0.133. The van der Waals surface area contributed by atoms with Crippen molar-refractivity contribution in [2.24, 2.45) is 7.05 Å². The number of aryl methyl sites for hydroxylation is 1. The van der Waals surface area contributed by atoms with Gasteiger partial charge in [-0.3, -0.25) is 4.79 Å². The summed E-state index contributed by atoms with van der Waals surface area (Å²) in [5, 5.41) is 4.00. The molecule has 28 heavy (non-hydrogen) atoms. The Kier molecular flexibility index (Phi) is 7.83. The molecule has 0 spiro atoms. The van der Waals surface area contributed by atoms with Crippen molar-refractivity contribution in [3.63, 3.8) is 0 Å². The summed E-state index contributed by atoms with van der Waals surface area (Å²) in [7, 11) is 1.96. The van der Waals surface area contributed by atoms with Gasteiger partial charge >= 0.3 is 0 Å². The molecular formula is C18H24Cl3N5O2. The first-order chi connectivity index (χ1) is 12.6. The molecule has 1 atom stereocenters. The van der Waals surface area contributed by atoms with Crippen molar-refractivity contribution in [3.05, 3.63) is 41.4 Å². The molecular weight excluding hydrogens is 425 g/mol. The van der Waals surface area contributed by atoms with Crippen molar-refractivity contribution >= 4 is 48.0 Å². The van der Waals surface area contributed by atoms with Gasteiger partial charge in [-0.15, -0.1) is 24.8 Å². The molecule has 2 aliphatic heterocycles. The van der Waals surface area contributed by atoms with Gasteiger partial charge in [0.2, 0.25) is 5.91 Å². The molecule has 3 heterocycles. The number of carbonyl (C=O) groups excluding carboxylic acids is 1. The number of anilines is 1. The molecule has 1 N–H and O–H groups in total. The second-order valence-electron chi connectivity index (χ2n) is 6.59. The number of aromatic nitrogens is 2. The van der Waals surface area contributed by atoms with Crippen molar-refractivity contribution < 1.29 is 9.53 Å². The minimum Gasteiger partial charge on any atom is -0.490 e. The van der Waals surface area contributed by atoms with Crippen molar-refractivity contribution in [2.75, 3.05) is 44.2 Å². The largest absolute Gasteiger partial charge is 0.490 e. The van der Waals surface area contributed by atoms with Crippen LogP contribution in [0, 0.1) is 0 Å². The Morgan fingerprint density at radius 1 is 1.36 bits per heavy atom. The molecule has 1 unspecified atom stereocenters.